The van der Waals surface area contributed by atoms with Crippen LogP contribution in [0.15, 0.2) is 25.3 Å². The molecule has 2 nitrogen and oxygen atoms in total. The van der Waals surface area contributed by atoms with Crippen molar-refractivity contribution in [3.8, 4) is 0 Å². The van der Waals surface area contributed by atoms with Crippen molar-refractivity contribution < 1.29 is 18.3 Å². The fourth-order valence-corrected chi connectivity index (χ4v) is 4.39. The Morgan fingerprint density at radius 3 is 2.20 bits per heavy atom. The second kappa shape index (κ2) is 15.1. The summed E-state index contributed by atoms with van der Waals surface area (Å²) in [5.41, 5.74) is 0. The number of rotatable bonds is 16. The molecule has 0 bridgehead atoms. The smallest absolute Gasteiger partial charge is 0.160 e. The average Bonchev–Trinajstić information content (AvgIpc) is 2.77. The summed E-state index contributed by atoms with van der Waals surface area (Å²) in [6.45, 7) is 16.4. The summed E-state index contributed by atoms with van der Waals surface area (Å²) >= 11 is 0. The topological polar surface area (TPSA) is 18.5 Å². The predicted octanol–water partition coefficient (Wildman–Crippen LogP) is 7.48. The number of ether oxygens (including phenoxy) is 2. The second-order valence-corrected chi connectivity index (χ2v) is 9.37. The van der Waals surface area contributed by atoms with E-state index in [9.17, 15) is 8.78 Å². The first-order chi connectivity index (χ1) is 14.3. The molecule has 0 aromatic heterocycles. The van der Waals surface area contributed by atoms with Gasteiger partial charge in [-0.25, -0.2) is 8.78 Å². The van der Waals surface area contributed by atoms with E-state index in [-0.39, 0.29) is 0 Å². The third kappa shape index (κ3) is 9.60. The molecule has 1 rings (SSSR count). The minimum absolute atomic E-state index is 0.365. The van der Waals surface area contributed by atoms with Crippen molar-refractivity contribution >= 4 is 0 Å². The van der Waals surface area contributed by atoms with Crippen LogP contribution in [0, 0.1) is 23.7 Å². The van der Waals surface area contributed by atoms with Gasteiger partial charge in [-0.05, 0) is 82.0 Å². The zero-order valence-corrected chi connectivity index (χ0v) is 19.8. The van der Waals surface area contributed by atoms with Crippen molar-refractivity contribution in [3.05, 3.63) is 25.3 Å². The standard InChI is InChI=1S/C26H46F2O2/c1-7-10-17-29-21(6)25(27)26(28)24(9-3)30-18-22-13-15-23(16-14-22)20(5)12-11-19(4)8-2/h7-8,19-26H,1-2,9-18H2,3-6H3. The Morgan fingerprint density at radius 1 is 0.967 bits per heavy atom. The van der Waals surface area contributed by atoms with Crippen LogP contribution in [0.3, 0.4) is 0 Å². The van der Waals surface area contributed by atoms with E-state index in [0.717, 1.165) is 24.7 Å². The molecular weight excluding hydrogens is 382 g/mol. The van der Waals surface area contributed by atoms with Crippen molar-refractivity contribution in [1.82, 2.24) is 0 Å². The van der Waals surface area contributed by atoms with Gasteiger partial charge in [0.25, 0.3) is 0 Å². The van der Waals surface area contributed by atoms with Crippen LogP contribution in [0.1, 0.15) is 79.1 Å². The van der Waals surface area contributed by atoms with E-state index in [4.69, 9.17) is 9.47 Å². The second-order valence-electron chi connectivity index (χ2n) is 9.37. The average molecular weight is 429 g/mol. The van der Waals surface area contributed by atoms with Crippen molar-refractivity contribution in [2.75, 3.05) is 13.2 Å². The fourth-order valence-electron chi connectivity index (χ4n) is 4.39. The molecule has 0 heterocycles. The summed E-state index contributed by atoms with van der Waals surface area (Å²) in [5.74, 6) is 2.56. The lowest BCUT2D eigenvalue weighted by Crippen LogP contribution is -2.40. The van der Waals surface area contributed by atoms with E-state index < -0.39 is 24.6 Å². The normalized spacial score (nSPS) is 25.7. The van der Waals surface area contributed by atoms with Crippen molar-refractivity contribution in [1.29, 1.82) is 0 Å². The zero-order valence-electron chi connectivity index (χ0n) is 19.8. The first-order valence-electron chi connectivity index (χ1n) is 12.1. The molecule has 0 saturated heterocycles. The van der Waals surface area contributed by atoms with Crippen molar-refractivity contribution in [2.45, 2.75) is 104 Å². The molecular formula is C26H46F2O2. The van der Waals surface area contributed by atoms with Crippen LogP contribution in [-0.2, 0) is 9.47 Å². The van der Waals surface area contributed by atoms with Gasteiger partial charge in [0.15, 0.2) is 12.3 Å². The van der Waals surface area contributed by atoms with E-state index in [1.165, 1.54) is 25.7 Å². The maximum absolute atomic E-state index is 14.7. The molecule has 0 spiro atoms. The lowest BCUT2D eigenvalue weighted by Gasteiger charge is -2.34. The summed E-state index contributed by atoms with van der Waals surface area (Å²) < 4.78 is 40.5. The van der Waals surface area contributed by atoms with E-state index in [0.29, 0.717) is 37.9 Å². The predicted molar refractivity (Wildman–Crippen MR) is 123 cm³/mol. The molecule has 0 aromatic carbocycles. The van der Waals surface area contributed by atoms with Crippen LogP contribution >= 0.6 is 0 Å². The summed E-state index contributed by atoms with van der Waals surface area (Å²) in [6, 6.07) is 0. The maximum Gasteiger partial charge on any atom is 0.160 e. The van der Waals surface area contributed by atoms with Gasteiger partial charge in [0, 0.05) is 6.61 Å². The third-order valence-corrected chi connectivity index (χ3v) is 6.93. The maximum atomic E-state index is 14.7. The fraction of sp³-hybridized carbons (Fsp3) is 0.846. The first-order valence-corrected chi connectivity index (χ1v) is 12.1. The zero-order chi connectivity index (χ0) is 22.5. The van der Waals surface area contributed by atoms with Gasteiger partial charge in [0.05, 0.1) is 18.8 Å². The van der Waals surface area contributed by atoms with Gasteiger partial charge in [-0.3, -0.25) is 0 Å². The highest BCUT2D eigenvalue weighted by atomic mass is 19.2. The summed E-state index contributed by atoms with van der Waals surface area (Å²) in [5, 5.41) is 0. The Kier molecular flexibility index (Phi) is 13.8. The highest BCUT2D eigenvalue weighted by molar-refractivity contribution is 4.83. The van der Waals surface area contributed by atoms with Gasteiger partial charge in [-0.2, -0.15) is 0 Å². The van der Waals surface area contributed by atoms with Gasteiger partial charge in [0.1, 0.15) is 0 Å². The molecule has 1 saturated carbocycles. The Bertz CT molecular complexity index is 462. The monoisotopic (exact) mass is 428 g/mol. The minimum atomic E-state index is -1.67. The van der Waals surface area contributed by atoms with Gasteiger partial charge in [-0.1, -0.05) is 32.9 Å². The highest BCUT2D eigenvalue weighted by Gasteiger charge is 2.34. The number of alkyl halides is 2. The summed E-state index contributed by atoms with van der Waals surface area (Å²) in [7, 11) is 0. The molecule has 0 amide bonds. The van der Waals surface area contributed by atoms with E-state index in [2.05, 4.69) is 27.0 Å². The van der Waals surface area contributed by atoms with Crippen LogP contribution in [0.5, 0.6) is 0 Å². The van der Waals surface area contributed by atoms with E-state index in [1.807, 2.05) is 13.0 Å². The molecule has 0 aromatic rings. The molecule has 1 fully saturated rings. The van der Waals surface area contributed by atoms with Crippen LogP contribution in [0.2, 0.25) is 0 Å². The Labute approximate surface area is 184 Å². The van der Waals surface area contributed by atoms with Gasteiger partial charge >= 0.3 is 0 Å². The largest absolute Gasteiger partial charge is 0.375 e. The molecule has 4 heteroatoms. The van der Waals surface area contributed by atoms with E-state index in [1.54, 1.807) is 13.0 Å². The number of allylic oxidation sites excluding steroid dienone is 1. The molecule has 6 atom stereocenters. The molecule has 1 aliphatic carbocycles. The van der Waals surface area contributed by atoms with Crippen molar-refractivity contribution in [3.63, 3.8) is 0 Å². The van der Waals surface area contributed by atoms with E-state index >= 15 is 0 Å². The molecule has 6 unspecified atom stereocenters. The Balaban J connectivity index is 2.36. The Morgan fingerprint density at radius 2 is 1.63 bits per heavy atom. The lowest BCUT2D eigenvalue weighted by molar-refractivity contribution is -0.0848. The quantitative estimate of drug-likeness (QED) is 0.187. The third-order valence-electron chi connectivity index (χ3n) is 6.93. The lowest BCUT2D eigenvalue weighted by atomic mass is 9.75. The summed E-state index contributed by atoms with van der Waals surface area (Å²) in [6.07, 6.45) is 7.19. The molecule has 0 radical (unpaired) electrons. The number of hydrogen-bond acceptors (Lipinski definition) is 2. The molecule has 0 aliphatic heterocycles. The van der Waals surface area contributed by atoms with Crippen LogP contribution in [0.4, 0.5) is 8.78 Å². The Hall–Kier alpha value is -0.740. The molecule has 0 N–H and O–H groups in total. The molecule has 176 valence electrons. The van der Waals surface area contributed by atoms with Crippen LogP contribution in [0.25, 0.3) is 0 Å². The van der Waals surface area contributed by atoms with Gasteiger partial charge in [0.2, 0.25) is 0 Å². The molecule has 30 heavy (non-hydrogen) atoms. The van der Waals surface area contributed by atoms with Crippen LogP contribution < -0.4 is 0 Å². The number of hydrogen-bond donors (Lipinski definition) is 0. The van der Waals surface area contributed by atoms with Crippen molar-refractivity contribution in [2.24, 2.45) is 23.7 Å². The molecule has 1 aliphatic rings. The highest BCUT2D eigenvalue weighted by Crippen LogP contribution is 2.36. The minimum Gasteiger partial charge on any atom is -0.375 e. The van der Waals surface area contributed by atoms with Gasteiger partial charge in [-0.15, -0.1) is 13.2 Å². The van der Waals surface area contributed by atoms with Gasteiger partial charge < -0.3 is 9.47 Å². The number of halogens is 2. The van der Waals surface area contributed by atoms with Crippen LogP contribution in [-0.4, -0.2) is 37.8 Å². The first kappa shape index (κ1) is 27.3. The SMILES string of the molecule is C=CCCOC(C)C(F)C(F)C(CC)OCC1CCC(C(C)CCC(C)C=C)CC1. The summed E-state index contributed by atoms with van der Waals surface area (Å²) in [4.78, 5) is 0.